The molecule has 1 aliphatic rings. The Morgan fingerprint density at radius 3 is 2.58 bits per heavy atom. The van der Waals surface area contributed by atoms with E-state index in [1.54, 1.807) is 12.1 Å². The van der Waals surface area contributed by atoms with Gasteiger partial charge in [0.25, 0.3) is 11.8 Å². The number of benzene rings is 1. The number of carbonyl (C=O) groups excluding carboxylic acids is 2. The molecule has 1 fully saturated rings. The maximum absolute atomic E-state index is 12.1. The van der Waals surface area contributed by atoms with Crippen molar-refractivity contribution in [3.63, 3.8) is 0 Å². The molecule has 0 unspecified atom stereocenters. The summed E-state index contributed by atoms with van der Waals surface area (Å²) in [6.07, 6.45) is 3.30. The summed E-state index contributed by atoms with van der Waals surface area (Å²) in [5.41, 5.74) is 6.89. The van der Waals surface area contributed by atoms with E-state index in [9.17, 15) is 9.59 Å². The van der Waals surface area contributed by atoms with E-state index in [1.807, 2.05) is 6.07 Å². The maximum Gasteiger partial charge on any atom is 1.00 e. The first-order valence-corrected chi connectivity index (χ1v) is 7.34. The predicted molar refractivity (Wildman–Crippen MR) is 82.1 cm³/mol. The van der Waals surface area contributed by atoms with Gasteiger partial charge in [0.1, 0.15) is 0 Å². The zero-order valence-corrected chi connectivity index (χ0v) is 15.4. The van der Waals surface area contributed by atoms with Crippen LogP contribution in [0.3, 0.4) is 0 Å². The summed E-state index contributed by atoms with van der Waals surface area (Å²) in [6.45, 7) is 1.72. The molecule has 0 atom stereocenters. The minimum absolute atomic E-state index is 0. The third-order valence-electron chi connectivity index (χ3n) is 3.76. The van der Waals surface area contributed by atoms with Crippen molar-refractivity contribution in [2.24, 2.45) is 5.73 Å². The van der Waals surface area contributed by atoms with Crippen LogP contribution in [0.4, 0.5) is 11.4 Å². The first-order chi connectivity index (χ1) is 11.2. The van der Waals surface area contributed by atoms with Gasteiger partial charge in [-0.25, -0.2) is 0 Å². The van der Waals surface area contributed by atoms with E-state index in [4.69, 9.17) is 5.73 Å². The Labute approximate surface area is 160 Å². The molecule has 0 saturated carbocycles. The number of rotatable bonds is 4. The molecule has 3 rings (SSSR count). The minimum atomic E-state index is -0.596. The van der Waals surface area contributed by atoms with Gasteiger partial charge in [0, 0.05) is 13.1 Å². The SMILES string of the molecule is NC(=O)c1c(NC(=O)c2nnn[n-]2)cccc1N1CCCCC1.[Na+]. The molecule has 1 saturated heterocycles. The molecule has 2 aromatic rings. The van der Waals surface area contributed by atoms with Gasteiger partial charge in [-0.15, -0.1) is 0 Å². The fraction of sp³-hybridized carbons (Fsp3) is 0.357. The van der Waals surface area contributed by atoms with Gasteiger partial charge in [0.05, 0.1) is 22.8 Å². The van der Waals surface area contributed by atoms with Crippen molar-refractivity contribution in [1.29, 1.82) is 0 Å². The monoisotopic (exact) mass is 337 g/mol. The van der Waals surface area contributed by atoms with E-state index in [2.05, 4.69) is 30.8 Å². The van der Waals surface area contributed by atoms with Gasteiger partial charge >= 0.3 is 29.6 Å². The summed E-state index contributed by atoms with van der Waals surface area (Å²) in [5, 5.41) is 16.1. The topological polar surface area (TPSA) is 128 Å². The van der Waals surface area contributed by atoms with Crippen LogP contribution in [0, 0.1) is 0 Å². The van der Waals surface area contributed by atoms with Crippen molar-refractivity contribution in [2.45, 2.75) is 19.3 Å². The van der Waals surface area contributed by atoms with E-state index >= 15 is 0 Å². The number of amides is 2. The van der Waals surface area contributed by atoms with Crippen LogP contribution >= 0.6 is 0 Å². The van der Waals surface area contributed by atoms with Crippen LogP contribution in [0.25, 0.3) is 0 Å². The van der Waals surface area contributed by atoms with Gasteiger partial charge in [-0.2, -0.15) is 5.21 Å². The zero-order valence-electron chi connectivity index (χ0n) is 13.4. The number of anilines is 2. The molecule has 1 aromatic heterocycles. The average molecular weight is 337 g/mol. The molecular weight excluding hydrogens is 321 g/mol. The van der Waals surface area contributed by atoms with Crippen LogP contribution in [0.15, 0.2) is 18.2 Å². The summed E-state index contributed by atoms with van der Waals surface area (Å²) in [5.74, 6) is -1.35. The Kier molecular flexibility index (Phi) is 6.29. The third kappa shape index (κ3) is 3.92. The fourth-order valence-corrected chi connectivity index (χ4v) is 2.72. The first kappa shape index (κ1) is 18.4. The van der Waals surface area contributed by atoms with Gasteiger partial charge in [-0.05, 0) is 31.4 Å². The van der Waals surface area contributed by atoms with E-state index in [1.165, 1.54) is 6.42 Å². The molecule has 9 nitrogen and oxygen atoms in total. The summed E-state index contributed by atoms with van der Waals surface area (Å²) >= 11 is 0. The summed E-state index contributed by atoms with van der Waals surface area (Å²) < 4.78 is 0. The number of hydrogen-bond donors (Lipinski definition) is 2. The summed E-state index contributed by atoms with van der Waals surface area (Å²) in [4.78, 5) is 26.1. The normalized spacial score (nSPS) is 13.9. The first-order valence-electron chi connectivity index (χ1n) is 7.34. The quantitative estimate of drug-likeness (QED) is 0.576. The second-order valence-electron chi connectivity index (χ2n) is 5.27. The number of carbonyl (C=O) groups is 2. The van der Waals surface area contributed by atoms with Gasteiger partial charge < -0.3 is 21.0 Å². The zero-order chi connectivity index (χ0) is 16.2. The fourth-order valence-electron chi connectivity index (χ4n) is 2.72. The van der Waals surface area contributed by atoms with Crippen LogP contribution in [-0.4, -0.2) is 40.4 Å². The molecule has 24 heavy (non-hydrogen) atoms. The minimum Gasteiger partial charge on any atom is -0.371 e. The van der Waals surface area contributed by atoms with Gasteiger partial charge in [-0.3, -0.25) is 19.9 Å². The van der Waals surface area contributed by atoms with Crippen molar-refractivity contribution in [3.05, 3.63) is 29.6 Å². The van der Waals surface area contributed by atoms with E-state index < -0.39 is 11.8 Å². The molecule has 0 spiro atoms. The number of nitrogens with zero attached hydrogens (tertiary/aromatic N) is 5. The van der Waals surface area contributed by atoms with Crippen molar-refractivity contribution in [1.82, 2.24) is 20.6 Å². The van der Waals surface area contributed by atoms with Crippen LogP contribution in [0.5, 0.6) is 0 Å². The van der Waals surface area contributed by atoms with Gasteiger partial charge in [-0.1, -0.05) is 6.07 Å². The van der Waals surface area contributed by atoms with E-state index in [0.717, 1.165) is 31.6 Å². The molecule has 1 aliphatic heterocycles. The average Bonchev–Trinajstić information content (AvgIpc) is 3.10. The second-order valence-corrected chi connectivity index (χ2v) is 5.27. The third-order valence-corrected chi connectivity index (χ3v) is 3.76. The van der Waals surface area contributed by atoms with E-state index in [-0.39, 0.29) is 40.9 Å². The van der Waals surface area contributed by atoms with Crippen LogP contribution in [0.2, 0.25) is 0 Å². The molecule has 0 bridgehead atoms. The summed E-state index contributed by atoms with van der Waals surface area (Å²) in [6, 6.07) is 5.23. The number of nitrogens with two attached hydrogens (primary N) is 1. The number of piperidine rings is 1. The maximum atomic E-state index is 12.1. The van der Waals surface area contributed by atoms with Crippen LogP contribution in [-0.2, 0) is 0 Å². The van der Waals surface area contributed by atoms with Crippen molar-refractivity contribution >= 4 is 23.2 Å². The molecule has 3 N–H and O–H groups in total. The van der Waals surface area contributed by atoms with Crippen molar-refractivity contribution in [2.75, 3.05) is 23.3 Å². The Morgan fingerprint density at radius 2 is 1.96 bits per heavy atom. The number of aromatic nitrogens is 4. The Bertz CT molecular complexity index is 714. The van der Waals surface area contributed by atoms with Crippen LogP contribution in [0.1, 0.15) is 40.2 Å². The van der Waals surface area contributed by atoms with Crippen molar-refractivity contribution < 1.29 is 39.1 Å². The van der Waals surface area contributed by atoms with E-state index in [0.29, 0.717) is 5.69 Å². The Morgan fingerprint density at radius 1 is 1.21 bits per heavy atom. The molecule has 2 amide bonds. The number of hydrogen-bond acceptors (Lipinski definition) is 6. The summed E-state index contributed by atoms with van der Waals surface area (Å²) in [7, 11) is 0. The molecular formula is C14H16N7NaO2. The standard InChI is InChI=1S/C14H17N7O2.Na/c15-12(22)11-9(16-14(23)13-17-19-20-18-13)5-4-6-10(11)21-7-2-1-3-8-21;/h4-6H,1-3,7-8H2,(H4,15,16,17,18,19,20,22,23);/q;+1/p-1. The van der Waals surface area contributed by atoms with Crippen LogP contribution < -0.4 is 50.6 Å². The second kappa shape index (κ2) is 8.22. The number of nitrogens with one attached hydrogen (secondary N) is 1. The molecule has 0 aliphatic carbocycles. The largest absolute Gasteiger partial charge is 1.00 e. The predicted octanol–water partition coefficient (Wildman–Crippen LogP) is -2.83. The molecule has 1 aromatic carbocycles. The molecule has 2 heterocycles. The Hall–Kier alpha value is -1.97. The molecule has 0 radical (unpaired) electrons. The molecule has 120 valence electrons. The number of tetrazole rings is 1. The molecule has 10 heteroatoms. The van der Waals surface area contributed by atoms with Gasteiger partial charge in [0.15, 0.2) is 0 Å². The Balaban J connectivity index is 0.00000208. The number of primary amides is 1. The van der Waals surface area contributed by atoms with Gasteiger partial charge in [0.2, 0.25) is 0 Å². The smallest absolute Gasteiger partial charge is 0.371 e. The van der Waals surface area contributed by atoms with Crippen molar-refractivity contribution in [3.8, 4) is 0 Å².